The van der Waals surface area contributed by atoms with E-state index in [1.165, 1.54) is 55.5 Å². The molecule has 180 valence electrons. The number of ether oxygens (including phenoxy) is 1. The molecule has 2 aliphatic heterocycles. The highest BCUT2D eigenvalue weighted by Crippen LogP contribution is 2.52. The van der Waals surface area contributed by atoms with Crippen LogP contribution in [0.2, 0.25) is 0 Å². The minimum Gasteiger partial charge on any atom is -0.480 e. The van der Waals surface area contributed by atoms with Crippen molar-refractivity contribution < 1.29 is 4.74 Å². The van der Waals surface area contributed by atoms with Crippen molar-refractivity contribution in [3.63, 3.8) is 0 Å². The SMILES string of the molecule is COc1nn(C)cc1CN1CCN(C2CC3(CCNCC3)C2)C(c2ccccc2C(C)C)C1. The van der Waals surface area contributed by atoms with Crippen LogP contribution in [0.25, 0.3) is 0 Å². The van der Waals surface area contributed by atoms with Gasteiger partial charge in [0.25, 0.3) is 0 Å². The Balaban J connectivity index is 1.38. The Kier molecular flexibility index (Phi) is 6.51. The fourth-order valence-electron chi connectivity index (χ4n) is 6.63. The van der Waals surface area contributed by atoms with Crippen molar-refractivity contribution in [2.24, 2.45) is 12.5 Å². The summed E-state index contributed by atoms with van der Waals surface area (Å²) in [5, 5.41) is 8.03. The van der Waals surface area contributed by atoms with Crippen molar-refractivity contribution >= 4 is 0 Å². The Labute approximate surface area is 199 Å². The second kappa shape index (κ2) is 9.40. The lowest BCUT2D eigenvalue weighted by molar-refractivity contribution is -0.0651. The van der Waals surface area contributed by atoms with Gasteiger partial charge in [-0.15, -0.1) is 5.10 Å². The number of hydrogen-bond donors (Lipinski definition) is 1. The number of benzene rings is 1. The third-order valence-electron chi connectivity index (χ3n) is 8.41. The van der Waals surface area contributed by atoms with Gasteiger partial charge in [-0.25, -0.2) is 0 Å². The molecule has 1 aromatic carbocycles. The molecule has 33 heavy (non-hydrogen) atoms. The van der Waals surface area contributed by atoms with Gasteiger partial charge < -0.3 is 10.1 Å². The van der Waals surface area contributed by atoms with Crippen LogP contribution in [-0.2, 0) is 13.6 Å². The van der Waals surface area contributed by atoms with E-state index in [4.69, 9.17) is 4.74 Å². The zero-order chi connectivity index (χ0) is 23.0. The van der Waals surface area contributed by atoms with E-state index in [0.717, 1.165) is 38.1 Å². The summed E-state index contributed by atoms with van der Waals surface area (Å²) in [6.45, 7) is 11.3. The summed E-state index contributed by atoms with van der Waals surface area (Å²) in [5.41, 5.74) is 4.82. The molecule has 0 bridgehead atoms. The monoisotopic (exact) mass is 451 g/mol. The van der Waals surface area contributed by atoms with Gasteiger partial charge in [0.05, 0.1) is 7.11 Å². The smallest absolute Gasteiger partial charge is 0.237 e. The number of nitrogens with zero attached hydrogens (tertiary/aromatic N) is 4. The van der Waals surface area contributed by atoms with E-state index in [-0.39, 0.29) is 0 Å². The van der Waals surface area contributed by atoms with E-state index in [0.29, 0.717) is 17.4 Å². The molecule has 3 heterocycles. The molecule has 2 aromatic rings. The number of aryl methyl sites for hydroxylation is 1. The third-order valence-corrected chi connectivity index (χ3v) is 8.41. The van der Waals surface area contributed by atoms with Crippen molar-refractivity contribution in [1.82, 2.24) is 24.9 Å². The molecule has 6 heteroatoms. The first-order valence-electron chi connectivity index (χ1n) is 12.8. The van der Waals surface area contributed by atoms with Gasteiger partial charge in [0, 0.05) is 57.1 Å². The number of piperazine rings is 1. The summed E-state index contributed by atoms with van der Waals surface area (Å²) < 4.78 is 7.41. The highest BCUT2D eigenvalue weighted by Gasteiger charge is 2.49. The first kappa shape index (κ1) is 22.9. The van der Waals surface area contributed by atoms with Crippen molar-refractivity contribution in [2.45, 2.75) is 64.1 Å². The maximum absolute atomic E-state index is 5.55. The molecule has 1 saturated carbocycles. The molecular weight excluding hydrogens is 410 g/mol. The molecule has 3 aliphatic rings. The second-order valence-corrected chi connectivity index (χ2v) is 10.9. The number of rotatable bonds is 6. The maximum atomic E-state index is 5.55. The van der Waals surface area contributed by atoms with Gasteiger partial charge in [-0.1, -0.05) is 38.1 Å². The van der Waals surface area contributed by atoms with Gasteiger partial charge in [-0.05, 0) is 61.2 Å². The van der Waals surface area contributed by atoms with Crippen LogP contribution in [-0.4, -0.2) is 65.5 Å². The normalized spacial score (nSPS) is 24.3. The van der Waals surface area contributed by atoms with Gasteiger partial charge >= 0.3 is 0 Å². The standard InChI is InChI=1S/C27H41N5O/c1-20(2)23-7-5-6-8-24(23)25-19-31(18-21-17-30(3)29-26(21)33-4)13-14-32(25)22-15-27(16-22)9-11-28-12-10-27/h5-8,17,20,22,25,28H,9-16,18-19H2,1-4H3. The minimum atomic E-state index is 0.448. The Morgan fingerprint density at radius 1 is 1.15 bits per heavy atom. The highest BCUT2D eigenvalue weighted by atomic mass is 16.5. The van der Waals surface area contributed by atoms with E-state index in [1.807, 2.05) is 11.7 Å². The zero-order valence-corrected chi connectivity index (χ0v) is 20.9. The molecular formula is C27H41N5O. The lowest BCUT2D eigenvalue weighted by atomic mass is 9.60. The molecule has 0 radical (unpaired) electrons. The summed E-state index contributed by atoms with van der Waals surface area (Å²) >= 11 is 0. The lowest BCUT2D eigenvalue weighted by Gasteiger charge is -2.57. The van der Waals surface area contributed by atoms with Crippen molar-refractivity contribution in [1.29, 1.82) is 0 Å². The van der Waals surface area contributed by atoms with E-state index in [9.17, 15) is 0 Å². The number of aromatic nitrogens is 2. The van der Waals surface area contributed by atoms with Crippen LogP contribution in [0.5, 0.6) is 5.88 Å². The average Bonchev–Trinajstić information content (AvgIpc) is 3.17. The van der Waals surface area contributed by atoms with E-state index >= 15 is 0 Å². The number of piperidine rings is 1. The summed E-state index contributed by atoms with van der Waals surface area (Å²) in [6.07, 6.45) is 7.58. The van der Waals surface area contributed by atoms with Gasteiger partial charge in [0.2, 0.25) is 5.88 Å². The van der Waals surface area contributed by atoms with Crippen LogP contribution in [0.3, 0.4) is 0 Å². The van der Waals surface area contributed by atoms with Crippen molar-refractivity contribution in [3.8, 4) is 5.88 Å². The molecule has 1 N–H and O–H groups in total. The number of hydrogen-bond acceptors (Lipinski definition) is 5. The van der Waals surface area contributed by atoms with Crippen LogP contribution >= 0.6 is 0 Å². The number of methoxy groups -OCH3 is 1. The summed E-state index contributed by atoms with van der Waals surface area (Å²) in [4.78, 5) is 5.47. The zero-order valence-electron chi connectivity index (χ0n) is 20.9. The van der Waals surface area contributed by atoms with E-state index in [2.05, 4.69) is 64.5 Å². The lowest BCUT2D eigenvalue weighted by Crippen LogP contribution is -2.59. The van der Waals surface area contributed by atoms with Crippen LogP contribution in [0.15, 0.2) is 30.5 Å². The second-order valence-electron chi connectivity index (χ2n) is 10.9. The Hall–Kier alpha value is -1.89. The molecule has 0 amide bonds. The Morgan fingerprint density at radius 2 is 1.91 bits per heavy atom. The summed E-state index contributed by atoms with van der Waals surface area (Å²) in [6, 6.07) is 10.3. The first-order chi connectivity index (χ1) is 16.0. The highest BCUT2D eigenvalue weighted by molar-refractivity contribution is 5.34. The molecule has 2 saturated heterocycles. The van der Waals surface area contributed by atoms with Crippen LogP contribution < -0.4 is 10.1 Å². The predicted molar refractivity (Wildman–Crippen MR) is 133 cm³/mol. The molecule has 1 spiro atoms. The first-order valence-corrected chi connectivity index (χ1v) is 12.8. The van der Waals surface area contributed by atoms with Crippen LogP contribution in [0, 0.1) is 5.41 Å². The van der Waals surface area contributed by atoms with Crippen LogP contribution in [0.4, 0.5) is 0 Å². The van der Waals surface area contributed by atoms with E-state index in [1.54, 1.807) is 7.11 Å². The van der Waals surface area contributed by atoms with Crippen LogP contribution in [0.1, 0.15) is 68.2 Å². The average molecular weight is 452 g/mol. The predicted octanol–water partition coefficient (Wildman–Crippen LogP) is 3.94. The van der Waals surface area contributed by atoms with Gasteiger partial charge in [-0.3, -0.25) is 14.5 Å². The molecule has 1 aliphatic carbocycles. The molecule has 5 rings (SSSR count). The van der Waals surface area contributed by atoms with Crippen molar-refractivity contribution in [3.05, 3.63) is 47.2 Å². The third kappa shape index (κ3) is 4.58. The van der Waals surface area contributed by atoms with Crippen molar-refractivity contribution in [2.75, 3.05) is 39.8 Å². The van der Waals surface area contributed by atoms with Gasteiger partial charge in [-0.2, -0.15) is 0 Å². The Morgan fingerprint density at radius 3 is 2.64 bits per heavy atom. The quantitative estimate of drug-likeness (QED) is 0.721. The maximum Gasteiger partial charge on any atom is 0.237 e. The van der Waals surface area contributed by atoms with E-state index < -0.39 is 0 Å². The summed E-state index contributed by atoms with van der Waals surface area (Å²) in [7, 11) is 3.69. The van der Waals surface area contributed by atoms with Gasteiger partial charge in [0.1, 0.15) is 0 Å². The minimum absolute atomic E-state index is 0.448. The molecule has 1 unspecified atom stereocenters. The van der Waals surface area contributed by atoms with Gasteiger partial charge in [0.15, 0.2) is 0 Å². The molecule has 1 aromatic heterocycles. The fraction of sp³-hybridized carbons (Fsp3) is 0.667. The topological polar surface area (TPSA) is 45.6 Å². The fourth-order valence-corrected chi connectivity index (χ4v) is 6.63. The largest absolute Gasteiger partial charge is 0.480 e. The number of nitrogens with one attached hydrogen (secondary N) is 1. The molecule has 6 nitrogen and oxygen atoms in total. The molecule has 1 atom stereocenters. The summed E-state index contributed by atoms with van der Waals surface area (Å²) in [5.74, 6) is 1.29. The Bertz CT molecular complexity index is 940. The molecule has 3 fully saturated rings.